The third-order valence-corrected chi connectivity index (χ3v) is 5.66. The number of hydrogen-bond donors (Lipinski definition) is 2. The summed E-state index contributed by atoms with van der Waals surface area (Å²) in [4.78, 5) is 20.7. The largest absolute Gasteiger partial charge is 0.348 e. The summed E-state index contributed by atoms with van der Waals surface area (Å²) in [5.74, 6) is 0.429. The molecule has 7 heteroatoms. The van der Waals surface area contributed by atoms with E-state index in [1.54, 1.807) is 12.1 Å². The Balaban J connectivity index is 1.47. The molecule has 1 aromatic rings. The van der Waals surface area contributed by atoms with E-state index in [2.05, 4.69) is 28.7 Å². The van der Waals surface area contributed by atoms with Gasteiger partial charge in [0.15, 0.2) is 0 Å². The minimum Gasteiger partial charge on any atom is -0.348 e. The molecule has 0 aliphatic carbocycles. The van der Waals surface area contributed by atoms with Gasteiger partial charge in [-0.25, -0.2) is 0 Å². The maximum absolute atomic E-state index is 12.0. The minimum absolute atomic E-state index is 0.108. The second kappa shape index (κ2) is 7.66. The van der Waals surface area contributed by atoms with Gasteiger partial charge in [0.25, 0.3) is 5.91 Å². The number of nitrogens with one attached hydrogen (secondary N) is 2. The number of allylic oxidation sites excluding steroid dienone is 1. The second-order valence-corrected chi connectivity index (χ2v) is 7.62. The molecule has 1 atom stereocenters. The van der Waals surface area contributed by atoms with Crippen LogP contribution in [0.25, 0.3) is 0 Å². The summed E-state index contributed by atoms with van der Waals surface area (Å²) in [6.07, 6.45) is 4.30. The van der Waals surface area contributed by atoms with Crippen LogP contribution in [0.4, 0.5) is 0 Å². The van der Waals surface area contributed by atoms with Crippen molar-refractivity contribution in [2.24, 2.45) is 5.92 Å². The lowest BCUT2D eigenvalue weighted by molar-refractivity contribution is 0.0355. The van der Waals surface area contributed by atoms with Gasteiger partial charge in [-0.1, -0.05) is 18.5 Å². The van der Waals surface area contributed by atoms with Crippen LogP contribution in [0, 0.1) is 5.92 Å². The lowest BCUT2D eigenvalue weighted by atomic mass is 9.93. The van der Waals surface area contributed by atoms with Crippen LogP contribution in [0.15, 0.2) is 23.9 Å². The smallest absolute Gasteiger partial charge is 0.261 e. The molecule has 1 saturated heterocycles. The third-order valence-electron chi connectivity index (χ3n) is 4.43. The van der Waals surface area contributed by atoms with Crippen molar-refractivity contribution in [3.63, 3.8) is 0 Å². The molecule has 0 aromatic carbocycles. The molecule has 1 aromatic heterocycles. The lowest BCUT2D eigenvalue weighted by Crippen LogP contribution is -2.35. The Morgan fingerprint density at radius 1 is 1.48 bits per heavy atom. The Morgan fingerprint density at radius 3 is 2.91 bits per heavy atom. The van der Waals surface area contributed by atoms with Gasteiger partial charge in [-0.15, -0.1) is 11.3 Å². The van der Waals surface area contributed by atoms with E-state index in [0.29, 0.717) is 21.7 Å². The summed E-state index contributed by atoms with van der Waals surface area (Å²) < 4.78 is 0.620. The van der Waals surface area contributed by atoms with E-state index in [-0.39, 0.29) is 12.0 Å². The molecule has 3 rings (SSSR count). The van der Waals surface area contributed by atoms with Gasteiger partial charge in [-0.2, -0.15) is 0 Å². The molecule has 23 heavy (non-hydrogen) atoms. The third kappa shape index (κ3) is 4.26. The summed E-state index contributed by atoms with van der Waals surface area (Å²) in [7, 11) is 0. The zero-order valence-corrected chi connectivity index (χ0v) is 14.8. The number of likely N-dealkylation sites (tertiary alicyclic amines) is 1. The number of carbonyl (C=O) groups is 1. The van der Waals surface area contributed by atoms with Crippen LogP contribution in [-0.2, 0) is 4.84 Å². The van der Waals surface area contributed by atoms with Gasteiger partial charge < -0.3 is 10.2 Å². The number of halogens is 1. The summed E-state index contributed by atoms with van der Waals surface area (Å²) >= 11 is 7.13. The van der Waals surface area contributed by atoms with E-state index in [1.165, 1.54) is 17.0 Å². The van der Waals surface area contributed by atoms with Crippen molar-refractivity contribution < 1.29 is 9.63 Å². The number of amides is 1. The van der Waals surface area contributed by atoms with E-state index in [9.17, 15) is 4.79 Å². The fourth-order valence-electron chi connectivity index (χ4n) is 3.01. The summed E-state index contributed by atoms with van der Waals surface area (Å²) in [5.41, 5.74) is 4.22. The zero-order valence-electron chi connectivity index (χ0n) is 13.2. The van der Waals surface area contributed by atoms with Gasteiger partial charge in [-0.05, 0) is 50.7 Å². The number of carbonyl (C=O) groups excluding carboxylic acids is 1. The topological polar surface area (TPSA) is 53.6 Å². The molecular formula is C16H22ClN3O2S. The predicted molar refractivity (Wildman–Crippen MR) is 92.6 cm³/mol. The van der Waals surface area contributed by atoms with Crippen LogP contribution >= 0.6 is 22.9 Å². The molecule has 1 unspecified atom stereocenters. The maximum atomic E-state index is 12.0. The highest BCUT2D eigenvalue weighted by Gasteiger charge is 2.26. The molecule has 126 valence electrons. The van der Waals surface area contributed by atoms with Crippen molar-refractivity contribution in [3.05, 3.63) is 33.1 Å². The monoisotopic (exact) mass is 355 g/mol. The fourth-order valence-corrected chi connectivity index (χ4v) is 3.97. The van der Waals surface area contributed by atoms with E-state index in [0.717, 1.165) is 32.5 Å². The lowest BCUT2D eigenvalue weighted by Gasteiger charge is -2.31. The van der Waals surface area contributed by atoms with Crippen molar-refractivity contribution in [1.29, 1.82) is 0 Å². The molecule has 2 aliphatic heterocycles. The highest BCUT2D eigenvalue weighted by atomic mass is 35.5. The normalized spacial score (nSPS) is 22.7. The van der Waals surface area contributed by atoms with Crippen LogP contribution in [0.1, 0.15) is 29.4 Å². The molecule has 0 spiro atoms. The number of piperidine rings is 1. The number of rotatable bonds is 5. The van der Waals surface area contributed by atoms with Gasteiger partial charge in [0, 0.05) is 11.6 Å². The van der Waals surface area contributed by atoms with Crippen molar-refractivity contribution in [2.75, 3.05) is 26.2 Å². The molecule has 0 radical (unpaired) electrons. The first-order valence-electron chi connectivity index (χ1n) is 8.05. The SMILES string of the molecule is CCN1CCC(C2=CC(CNC(=O)c3ccc(Cl)s3)ON2)CC1. The highest BCUT2D eigenvalue weighted by molar-refractivity contribution is 7.17. The van der Waals surface area contributed by atoms with Gasteiger partial charge >= 0.3 is 0 Å². The Hall–Kier alpha value is -1.08. The van der Waals surface area contributed by atoms with Crippen molar-refractivity contribution in [3.8, 4) is 0 Å². The molecule has 1 amide bonds. The Bertz CT molecular complexity index is 582. The Labute approximate surface area is 145 Å². The van der Waals surface area contributed by atoms with Crippen LogP contribution in [0.3, 0.4) is 0 Å². The van der Waals surface area contributed by atoms with Crippen LogP contribution in [0.2, 0.25) is 4.34 Å². The number of thiophene rings is 1. The molecule has 1 fully saturated rings. The predicted octanol–water partition coefficient (Wildman–Crippen LogP) is 2.65. The zero-order chi connectivity index (χ0) is 16.2. The average Bonchev–Trinajstić information content (AvgIpc) is 3.22. The van der Waals surface area contributed by atoms with E-state index < -0.39 is 0 Å². The van der Waals surface area contributed by atoms with Crippen molar-refractivity contribution >= 4 is 28.8 Å². The first kappa shape index (κ1) is 16.8. The summed E-state index contributed by atoms with van der Waals surface area (Å²) in [6.45, 7) is 6.06. The molecule has 3 heterocycles. The van der Waals surface area contributed by atoms with Gasteiger partial charge in [0.1, 0.15) is 6.10 Å². The van der Waals surface area contributed by atoms with Gasteiger partial charge in [-0.3, -0.25) is 15.1 Å². The molecule has 2 N–H and O–H groups in total. The van der Waals surface area contributed by atoms with Crippen LogP contribution in [-0.4, -0.2) is 43.1 Å². The van der Waals surface area contributed by atoms with E-state index >= 15 is 0 Å². The summed E-state index contributed by atoms with van der Waals surface area (Å²) in [5, 5.41) is 2.89. The molecule has 5 nitrogen and oxygen atoms in total. The number of hydroxylamine groups is 1. The average molecular weight is 356 g/mol. The Kier molecular flexibility index (Phi) is 5.58. The molecular weight excluding hydrogens is 334 g/mol. The standard InChI is InChI=1S/C16H22ClN3O2S/c1-2-20-7-5-11(6-8-20)13-9-12(22-19-13)10-18-16(21)14-3-4-15(17)23-14/h3-4,9,11-12,19H,2,5-8,10H2,1H3,(H,18,21). The maximum Gasteiger partial charge on any atom is 0.261 e. The molecule has 0 saturated carbocycles. The van der Waals surface area contributed by atoms with Gasteiger partial charge in [0.05, 0.1) is 15.8 Å². The highest BCUT2D eigenvalue weighted by Crippen LogP contribution is 2.26. The van der Waals surface area contributed by atoms with E-state index in [4.69, 9.17) is 16.4 Å². The number of hydrogen-bond acceptors (Lipinski definition) is 5. The Morgan fingerprint density at radius 2 is 2.26 bits per heavy atom. The van der Waals surface area contributed by atoms with Gasteiger partial charge in [0.2, 0.25) is 0 Å². The summed E-state index contributed by atoms with van der Waals surface area (Å²) in [6, 6.07) is 3.47. The first-order valence-corrected chi connectivity index (χ1v) is 9.24. The molecule has 2 aliphatic rings. The molecule has 0 bridgehead atoms. The van der Waals surface area contributed by atoms with Crippen LogP contribution < -0.4 is 10.8 Å². The second-order valence-electron chi connectivity index (χ2n) is 5.90. The number of nitrogens with zero attached hydrogens (tertiary/aromatic N) is 1. The minimum atomic E-state index is -0.117. The van der Waals surface area contributed by atoms with Crippen LogP contribution in [0.5, 0.6) is 0 Å². The van der Waals surface area contributed by atoms with Crippen molar-refractivity contribution in [2.45, 2.75) is 25.9 Å². The van der Waals surface area contributed by atoms with E-state index in [1.807, 2.05) is 0 Å². The quantitative estimate of drug-likeness (QED) is 0.852. The van der Waals surface area contributed by atoms with Crippen molar-refractivity contribution in [1.82, 2.24) is 15.7 Å². The fraction of sp³-hybridized carbons (Fsp3) is 0.562. The first-order chi connectivity index (χ1) is 11.2.